The van der Waals surface area contributed by atoms with Gasteiger partial charge in [0.15, 0.2) is 5.76 Å². The van der Waals surface area contributed by atoms with Crippen molar-refractivity contribution in [3.05, 3.63) is 87.8 Å². The molecule has 0 spiro atoms. The van der Waals surface area contributed by atoms with Gasteiger partial charge in [0.05, 0.1) is 12.2 Å². The molecule has 166 valence electrons. The van der Waals surface area contributed by atoms with E-state index in [1.165, 1.54) is 0 Å². The Kier molecular flexibility index (Phi) is 5.56. The lowest BCUT2D eigenvalue weighted by atomic mass is 10.0. The van der Waals surface area contributed by atoms with Crippen LogP contribution in [0.3, 0.4) is 0 Å². The molecule has 0 atom stereocenters. The van der Waals surface area contributed by atoms with Gasteiger partial charge in [0.2, 0.25) is 5.95 Å². The summed E-state index contributed by atoms with van der Waals surface area (Å²) in [5.41, 5.74) is 5.97. The van der Waals surface area contributed by atoms with E-state index in [9.17, 15) is 4.79 Å². The Bertz CT molecular complexity index is 1300. The zero-order valence-electron chi connectivity index (χ0n) is 18.3. The molecule has 0 saturated carbocycles. The van der Waals surface area contributed by atoms with E-state index in [2.05, 4.69) is 20.4 Å². The van der Waals surface area contributed by atoms with Crippen molar-refractivity contribution in [3.63, 3.8) is 0 Å². The molecule has 1 aliphatic heterocycles. The zero-order valence-corrected chi connectivity index (χ0v) is 19.1. The summed E-state index contributed by atoms with van der Waals surface area (Å²) in [6, 6.07) is 16.7. The molecule has 8 heteroatoms. The van der Waals surface area contributed by atoms with Crippen LogP contribution >= 0.6 is 11.6 Å². The molecule has 1 N–H and O–H groups in total. The van der Waals surface area contributed by atoms with Crippen LogP contribution in [-0.2, 0) is 13.0 Å². The van der Waals surface area contributed by atoms with Gasteiger partial charge in [0.25, 0.3) is 5.91 Å². The van der Waals surface area contributed by atoms with Gasteiger partial charge in [-0.05, 0) is 68.4 Å². The van der Waals surface area contributed by atoms with Crippen LogP contribution in [0.2, 0.25) is 5.02 Å². The van der Waals surface area contributed by atoms with Gasteiger partial charge in [-0.2, -0.15) is 0 Å². The molecule has 7 nitrogen and oxygen atoms in total. The van der Waals surface area contributed by atoms with E-state index in [4.69, 9.17) is 16.1 Å². The number of carbonyl (C=O) groups excluding carboxylic acids is 1. The standard InChI is InChI=1S/C25H22ClN5O2/c1-15-13-16(2)28-25(27-15)29-20-9-5-18(6-10-20)24(32)31-12-11-22-21(14-31)23(33-30-22)17-3-7-19(26)8-4-17/h3-10,13H,11-12,14H2,1-2H3,(H,27,28,29). The number of nitrogens with zero attached hydrogens (tertiary/aromatic N) is 4. The molecule has 0 aliphatic carbocycles. The largest absolute Gasteiger partial charge is 0.356 e. The zero-order chi connectivity index (χ0) is 22.9. The molecule has 0 saturated heterocycles. The predicted molar refractivity (Wildman–Crippen MR) is 127 cm³/mol. The summed E-state index contributed by atoms with van der Waals surface area (Å²) in [4.78, 5) is 23.8. The Morgan fingerprint density at radius 2 is 1.73 bits per heavy atom. The second kappa shape index (κ2) is 8.67. The Hall–Kier alpha value is -3.71. The molecule has 0 unspecified atom stereocenters. The smallest absolute Gasteiger partial charge is 0.254 e. The van der Waals surface area contributed by atoms with E-state index in [0.717, 1.165) is 33.9 Å². The number of halogens is 1. The maximum atomic E-state index is 13.2. The molecule has 3 heterocycles. The van der Waals surface area contributed by atoms with Gasteiger partial charge in [-0.15, -0.1) is 0 Å². The summed E-state index contributed by atoms with van der Waals surface area (Å²) in [7, 11) is 0. The normalized spacial score (nSPS) is 13.0. The number of hydrogen-bond donors (Lipinski definition) is 1. The highest BCUT2D eigenvalue weighted by Crippen LogP contribution is 2.31. The number of aromatic nitrogens is 3. The number of aryl methyl sites for hydroxylation is 2. The van der Waals surface area contributed by atoms with Crippen molar-refractivity contribution >= 4 is 29.1 Å². The van der Waals surface area contributed by atoms with Gasteiger partial charge in [-0.25, -0.2) is 9.97 Å². The molecule has 33 heavy (non-hydrogen) atoms. The third-order valence-corrected chi connectivity index (χ3v) is 5.85. The fourth-order valence-corrected chi connectivity index (χ4v) is 4.13. The van der Waals surface area contributed by atoms with Gasteiger partial charge in [-0.1, -0.05) is 16.8 Å². The van der Waals surface area contributed by atoms with Crippen LogP contribution in [-0.4, -0.2) is 32.5 Å². The van der Waals surface area contributed by atoms with Crippen LogP contribution in [0.1, 0.15) is 33.0 Å². The maximum Gasteiger partial charge on any atom is 0.254 e. The summed E-state index contributed by atoms with van der Waals surface area (Å²) in [6.45, 7) is 4.90. The first-order valence-corrected chi connectivity index (χ1v) is 11.1. The van der Waals surface area contributed by atoms with Crippen LogP contribution in [0.4, 0.5) is 11.6 Å². The summed E-state index contributed by atoms with van der Waals surface area (Å²) in [5.74, 6) is 1.20. The fraction of sp³-hybridized carbons (Fsp3) is 0.200. The molecule has 2 aromatic heterocycles. The molecule has 4 aromatic rings. The van der Waals surface area contributed by atoms with Crippen LogP contribution in [0.5, 0.6) is 0 Å². The number of benzene rings is 2. The quantitative estimate of drug-likeness (QED) is 0.443. The number of anilines is 2. The van der Waals surface area contributed by atoms with Crippen molar-refractivity contribution in [2.45, 2.75) is 26.8 Å². The first kappa shape index (κ1) is 21.2. The van der Waals surface area contributed by atoms with Crippen molar-refractivity contribution in [1.82, 2.24) is 20.0 Å². The molecular weight excluding hydrogens is 438 g/mol. The average Bonchev–Trinajstić information content (AvgIpc) is 3.22. The lowest BCUT2D eigenvalue weighted by Gasteiger charge is -2.26. The van der Waals surface area contributed by atoms with Crippen LogP contribution in [0.15, 0.2) is 59.1 Å². The number of hydrogen-bond acceptors (Lipinski definition) is 6. The third-order valence-electron chi connectivity index (χ3n) is 5.60. The van der Waals surface area contributed by atoms with Crippen LogP contribution in [0, 0.1) is 13.8 Å². The monoisotopic (exact) mass is 459 g/mol. The number of nitrogens with one attached hydrogen (secondary N) is 1. The molecular formula is C25H22ClN5O2. The Morgan fingerprint density at radius 3 is 2.42 bits per heavy atom. The van der Waals surface area contributed by atoms with Gasteiger partial charge < -0.3 is 14.7 Å². The van der Waals surface area contributed by atoms with Crippen molar-refractivity contribution in [2.24, 2.45) is 0 Å². The number of amides is 1. The van der Waals surface area contributed by atoms with E-state index in [1.807, 2.05) is 73.3 Å². The lowest BCUT2D eigenvalue weighted by Crippen LogP contribution is -2.35. The van der Waals surface area contributed by atoms with Gasteiger partial charge in [-0.3, -0.25) is 4.79 Å². The van der Waals surface area contributed by atoms with Crippen molar-refractivity contribution in [3.8, 4) is 11.3 Å². The highest BCUT2D eigenvalue weighted by atomic mass is 35.5. The minimum Gasteiger partial charge on any atom is -0.356 e. The summed E-state index contributed by atoms with van der Waals surface area (Å²) >= 11 is 6.01. The van der Waals surface area contributed by atoms with Gasteiger partial charge in [0.1, 0.15) is 0 Å². The fourth-order valence-electron chi connectivity index (χ4n) is 4.00. The average molecular weight is 460 g/mol. The topological polar surface area (TPSA) is 84.2 Å². The second-order valence-corrected chi connectivity index (χ2v) is 8.53. The van der Waals surface area contributed by atoms with Crippen LogP contribution < -0.4 is 5.32 Å². The van der Waals surface area contributed by atoms with E-state index in [0.29, 0.717) is 41.8 Å². The highest BCUT2D eigenvalue weighted by molar-refractivity contribution is 6.30. The van der Waals surface area contributed by atoms with Gasteiger partial charge in [0, 0.05) is 51.8 Å². The maximum absolute atomic E-state index is 13.2. The number of carbonyl (C=O) groups is 1. The minimum atomic E-state index is -0.0295. The molecule has 1 amide bonds. The van der Waals surface area contributed by atoms with Crippen molar-refractivity contribution in [2.75, 3.05) is 11.9 Å². The van der Waals surface area contributed by atoms with Crippen molar-refractivity contribution in [1.29, 1.82) is 0 Å². The number of rotatable bonds is 4. The number of fused-ring (bicyclic) bond motifs is 1. The second-order valence-electron chi connectivity index (χ2n) is 8.10. The summed E-state index contributed by atoms with van der Waals surface area (Å²) < 4.78 is 5.62. The van der Waals surface area contributed by atoms with E-state index in [-0.39, 0.29) is 5.91 Å². The highest BCUT2D eigenvalue weighted by Gasteiger charge is 2.28. The predicted octanol–water partition coefficient (Wildman–Crippen LogP) is 5.34. The first-order valence-electron chi connectivity index (χ1n) is 10.7. The third kappa shape index (κ3) is 4.45. The first-order chi connectivity index (χ1) is 16.0. The van der Waals surface area contributed by atoms with E-state index < -0.39 is 0 Å². The summed E-state index contributed by atoms with van der Waals surface area (Å²) in [5, 5.41) is 8.07. The molecule has 0 radical (unpaired) electrons. The molecule has 1 aliphatic rings. The molecule has 2 aromatic carbocycles. The van der Waals surface area contributed by atoms with E-state index >= 15 is 0 Å². The van der Waals surface area contributed by atoms with Crippen molar-refractivity contribution < 1.29 is 9.32 Å². The van der Waals surface area contributed by atoms with Gasteiger partial charge >= 0.3 is 0 Å². The van der Waals surface area contributed by atoms with E-state index in [1.54, 1.807) is 0 Å². The minimum absolute atomic E-state index is 0.0295. The Morgan fingerprint density at radius 1 is 1.03 bits per heavy atom. The lowest BCUT2D eigenvalue weighted by molar-refractivity contribution is 0.0734. The molecule has 0 bridgehead atoms. The Balaban J connectivity index is 1.32. The SMILES string of the molecule is Cc1cc(C)nc(Nc2ccc(C(=O)N3CCc4noc(-c5ccc(Cl)cc5)c4C3)cc2)n1. The Labute approximate surface area is 196 Å². The molecule has 0 fully saturated rings. The van der Waals surface area contributed by atoms with Crippen LogP contribution in [0.25, 0.3) is 11.3 Å². The summed E-state index contributed by atoms with van der Waals surface area (Å²) in [6.07, 6.45) is 0.655. The molecule has 5 rings (SSSR count).